The smallest absolute Gasteiger partial charge is 0.341 e. The van der Waals surface area contributed by atoms with Crippen LogP contribution in [0.4, 0.5) is 0 Å². The van der Waals surface area contributed by atoms with E-state index in [1.807, 2.05) is 13.0 Å². The average molecular weight is 235 g/mol. The number of aromatic nitrogens is 3. The maximum atomic E-state index is 11.4. The second-order valence-corrected chi connectivity index (χ2v) is 3.58. The predicted molar refractivity (Wildman–Crippen MR) is 58.5 cm³/mol. The molecule has 0 spiro atoms. The van der Waals surface area contributed by atoms with Gasteiger partial charge in [0.15, 0.2) is 5.76 Å². The summed E-state index contributed by atoms with van der Waals surface area (Å²) >= 11 is 0. The minimum atomic E-state index is -0.368. The summed E-state index contributed by atoms with van der Waals surface area (Å²) in [5.74, 6) is 0.327. The van der Waals surface area contributed by atoms with Gasteiger partial charge in [0.1, 0.15) is 6.54 Å². The molecule has 0 N–H and O–H groups in total. The van der Waals surface area contributed by atoms with Gasteiger partial charge >= 0.3 is 5.97 Å². The number of carbonyl (C=O) groups excluding carboxylic acids is 1. The summed E-state index contributed by atoms with van der Waals surface area (Å²) in [5, 5.41) is 7.83. The molecule has 0 bridgehead atoms. The van der Waals surface area contributed by atoms with E-state index in [-0.39, 0.29) is 5.97 Å². The molecule has 2 rings (SSSR count). The molecule has 0 amide bonds. The van der Waals surface area contributed by atoms with Crippen molar-refractivity contribution in [2.45, 2.75) is 20.4 Å². The molecule has 0 radical (unpaired) electrons. The first kappa shape index (κ1) is 11.4. The molecule has 2 aromatic heterocycles. The number of ether oxygens (including phenoxy) is 1. The number of nitrogens with zero attached hydrogens (tertiary/aromatic N) is 3. The summed E-state index contributed by atoms with van der Waals surface area (Å²) in [6.45, 7) is 4.41. The Bertz CT molecular complexity index is 516. The van der Waals surface area contributed by atoms with Crippen LogP contribution in [0.25, 0.3) is 0 Å². The maximum absolute atomic E-state index is 11.4. The van der Waals surface area contributed by atoms with Crippen LogP contribution in [0.3, 0.4) is 0 Å². The SMILES string of the molecule is CCOC(=O)c1cnn(Cc2cc(C)no2)c1. The number of rotatable bonds is 4. The lowest BCUT2D eigenvalue weighted by Gasteiger charge is -1.97. The summed E-state index contributed by atoms with van der Waals surface area (Å²) < 4.78 is 11.5. The number of hydrogen-bond acceptors (Lipinski definition) is 5. The third kappa shape index (κ3) is 2.72. The van der Waals surface area contributed by atoms with Gasteiger partial charge < -0.3 is 9.26 Å². The van der Waals surface area contributed by atoms with E-state index in [0.29, 0.717) is 24.5 Å². The van der Waals surface area contributed by atoms with Gasteiger partial charge in [-0.15, -0.1) is 0 Å². The fourth-order valence-electron chi connectivity index (χ4n) is 1.42. The lowest BCUT2D eigenvalue weighted by Crippen LogP contribution is -2.03. The Labute approximate surface area is 98.2 Å². The van der Waals surface area contributed by atoms with Crippen LogP contribution in [0.5, 0.6) is 0 Å². The summed E-state index contributed by atoms with van der Waals surface area (Å²) in [5.41, 5.74) is 1.25. The first-order chi connectivity index (χ1) is 8.19. The standard InChI is InChI=1S/C11H13N3O3/c1-3-16-11(15)9-5-12-14(6-9)7-10-4-8(2)13-17-10/h4-6H,3,7H2,1-2H3. The average Bonchev–Trinajstić information content (AvgIpc) is 2.89. The van der Waals surface area contributed by atoms with E-state index in [4.69, 9.17) is 9.26 Å². The highest BCUT2D eigenvalue weighted by molar-refractivity contribution is 5.88. The monoisotopic (exact) mass is 235 g/mol. The molecule has 0 saturated heterocycles. The van der Waals surface area contributed by atoms with Crippen LogP contribution in [0.15, 0.2) is 23.0 Å². The predicted octanol–water partition coefficient (Wildman–Crippen LogP) is 1.40. The van der Waals surface area contributed by atoms with Crippen LogP contribution in [0.1, 0.15) is 28.7 Å². The molecule has 0 fully saturated rings. The van der Waals surface area contributed by atoms with E-state index >= 15 is 0 Å². The summed E-state index contributed by atoms with van der Waals surface area (Å²) in [6, 6.07) is 1.83. The maximum Gasteiger partial charge on any atom is 0.341 e. The van der Waals surface area contributed by atoms with E-state index in [0.717, 1.165) is 5.69 Å². The van der Waals surface area contributed by atoms with Gasteiger partial charge in [0.05, 0.1) is 24.1 Å². The van der Waals surface area contributed by atoms with Crippen molar-refractivity contribution in [3.8, 4) is 0 Å². The van der Waals surface area contributed by atoms with Gasteiger partial charge in [0, 0.05) is 12.3 Å². The van der Waals surface area contributed by atoms with E-state index in [1.165, 1.54) is 6.20 Å². The highest BCUT2D eigenvalue weighted by atomic mass is 16.5. The van der Waals surface area contributed by atoms with Gasteiger partial charge in [-0.3, -0.25) is 4.68 Å². The van der Waals surface area contributed by atoms with Gasteiger partial charge in [-0.1, -0.05) is 5.16 Å². The first-order valence-electron chi connectivity index (χ1n) is 5.31. The van der Waals surface area contributed by atoms with Gasteiger partial charge in [-0.25, -0.2) is 4.79 Å². The second-order valence-electron chi connectivity index (χ2n) is 3.58. The Kier molecular flexibility index (Phi) is 3.22. The van der Waals surface area contributed by atoms with Crippen LogP contribution in [-0.4, -0.2) is 27.5 Å². The number of hydrogen-bond donors (Lipinski definition) is 0. The zero-order valence-electron chi connectivity index (χ0n) is 9.71. The zero-order valence-corrected chi connectivity index (χ0v) is 9.71. The van der Waals surface area contributed by atoms with E-state index in [9.17, 15) is 4.79 Å². The molecular weight excluding hydrogens is 222 g/mol. The molecule has 90 valence electrons. The van der Waals surface area contributed by atoms with Crippen molar-refractivity contribution in [1.82, 2.24) is 14.9 Å². The topological polar surface area (TPSA) is 70.2 Å². The van der Waals surface area contributed by atoms with Crippen LogP contribution in [0, 0.1) is 6.92 Å². The Balaban J connectivity index is 2.06. The molecular formula is C11H13N3O3. The van der Waals surface area contributed by atoms with E-state index in [1.54, 1.807) is 17.8 Å². The molecule has 0 aliphatic rings. The van der Waals surface area contributed by atoms with Gasteiger partial charge in [-0.2, -0.15) is 5.10 Å². The van der Waals surface area contributed by atoms with Gasteiger partial charge in [0.2, 0.25) is 0 Å². The molecule has 0 saturated carbocycles. The van der Waals surface area contributed by atoms with Crippen molar-refractivity contribution in [2.75, 3.05) is 6.61 Å². The Hall–Kier alpha value is -2.11. The van der Waals surface area contributed by atoms with Gasteiger partial charge in [-0.05, 0) is 13.8 Å². The highest BCUT2D eigenvalue weighted by Crippen LogP contribution is 2.06. The quantitative estimate of drug-likeness (QED) is 0.749. The fourth-order valence-corrected chi connectivity index (χ4v) is 1.42. The van der Waals surface area contributed by atoms with Crippen molar-refractivity contribution in [3.05, 3.63) is 35.5 Å². The van der Waals surface area contributed by atoms with E-state index in [2.05, 4.69) is 10.3 Å². The number of esters is 1. The minimum absolute atomic E-state index is 0.352. The Morgan fingerprint density at radius 3 is 3.06 bits per heavy atom. The van der Waals surface area contributed by atoms with Crippen molar-refractivity contribution < 1.29 is 14.1 Å². The molecule has 0 aromatic carbocycles. The third-order valence-corrected chi connectivity index (χ3v) is 2.14. The number of aryl methyl sites for hydroxylation is 1. The Morgan fingerprint density at radius 1 is 1.59 bits per heavy atom. The molecule has 0 unspecified atom stereocenters. The molecule has 0 aliphatic heterocycles. The van der Waals surface area contributed by atoms with Crippen molar-refractivity contribution in [1.29, 1.82) is 0 Å². The van der Waals surface area contributed by atoms with Crippen molar-refractivity contribution in [3.63, 3.8) is 0 Å². The van der Waals surface area contributed by atoms with E-state index < -0.39 is 0 Å². The lowest BCUT2D eigenvalue weighted by atomic mass is 10.3. The molecule has 2 aromatic rings. The van der Waals surface area contributed by atoms with Crippen molar-refractivity contribution >= 4 is 5.97 Å². The molecule has 0 atom stereocenters. The second kappa shape index (κ2) is 4.82. The molecule has 6 nitrogen and oxygen atoms in total. The summed E-state index contributed by atoms with van der Waals surface area (Å²) in [4.78, 5) is 11.4. The molecule has 2 heterocycles. The third-order valence-electron chi connectivity index (χ3n) is 2.14. The normalized spacial score (nSPS) is 10.5. The molecule has 6 heteroatoms. The van der Waals surface area contributed by atoms with Crippen LogP contribution in [0.2, 0.25) is 0 Å². The minimum Gasteiger partial charge on any atom is -0.462 e. The highest BCUT2D eigenvalue weighted by Gasteiger charge is 2.10. The zero-order chi connectivity index (χ0) is 12.3. The van der Waals surface area contributed by atoms with Crippen LogP contribution in [-0.2, 0) is 11.3 Å². The largest absolute Gasteiger partial charge is 0.462 e. The molecule has 0 aliphatic carbocycles. The fraction of sp³-hybridized carbons (Fsp3) is 0.364. The lowest BCUT2D eigenvalue weighted by molar-refractivity contribution is 0.0526. The van der Waals surface area contributed by atoms with Crippen LogP contribution >= 0.6 is 0 Å². The Morgan fingerprint density at radius 2 is 2.41 bits per heavy atom. The van der Waals surface area contributed by atoms with Crippen LogP contribution < -0.4 is 0 Å². The van der Waals surface area contributed by atoms with Gasteiger partial charge in [0.25, 0.3) is 0 Å². The first-order valence-corrected chi connectivity index (χ1v) is 5.31. The summed E-state index contributed by atoms with van der Waals surface area (Å²) in [7, 11) is 0. The van der Waals surface area contributed by atoms with Crippen molar-refractivity contribution in [2.24, 2.45) is 0 Å². The summed E-state index contributed by atoms with van der Waals surface area (Å²) in [6.07, 6.45) is 3.09. The molecule has 17 heavy (non-hydrogen) atoms. The number of carbonyl (C=O) groups is 1.